The zero-order valence-corrected chi connectivity index (χ0v) is 11.9. The molecule has 0 unspecified atom stereocenters. The molecular formula is C13H15ClN4O2. The van der Waals surface area contributed by atoms with Crippen molar-refractivity contribution in [2.45, 2.75) is 0 Å². The van der Waals surface area contributed by atoms with Crippen LogP contribution in [0.1, 0.15) is 0 Å². The molecule has 0 radical (unpaired) electrons. The van der Waals surface area contributed by atoms with E-state index in [1.807, 2.05) is 0 Å². The lowest BCUT2D eigenvalue weighted by Crippen LogP contribution is -2.02. The van der Waals surface area contributed by atoms with Gasteiger partial charge < -0.3 is 26.3 Å². The highest BCUT2D eigenvalue weighted by Crippen LogP contribution is 2.37. The number of aromatic nitrogens is 1. The zero-order valence-electron chi connectivity index (χ0n) is 11.1. The molecule has 0 amide bonds. The van der Waals surface area contributed by atoms with Gasteiger partial charge in [-0.15, -0.1) is 0 Å². The zero-order chi connectivity index (χ0) is 14.7. The van der Waals surface area contributed by atoms with Gasteiger partial charge in [0.25, 0.3) is 0 Å². The second-order valence-corrected chi connectivity index (χ2v) is 4.39. The van der Waals surface area contributed by atoms with Crippen LogP contribution < -0.4 is 26.3 Å². The molecule has 0 aliphatic heterocycles. The van der Waals surface area contributed by atoms with Gasteiger partial charge in [0.2, 0.25) is 0 Å². The van der Waals surface area contributed by atoms with E-state index in [4.69, 9.17) is 32.5 Å². The van der Waals surface area contributed by atoms with Crippen LogP contribution in [0.5, 0.6) is 11.5 Å². The van der Waals surface area contributed by atoms with Crippen LogP contribution in [-0.2, 0) is 0 Å². The van der Waals surface area contributed by atoms with Gasteiger partial charge in [-0.1, -0.05) is 11.6 Å². The molecule has 1 heterocycles. The van der Waals surface area contributed by atoms with Crippen LogP contribution in [0, 0.1) is 0 Å². The van der Waals surface area contributed by atoms with Crippen LogP contribution in [0.4, 0.5) is 23.0 Å². The monoisotopic (exact) mass is 294 g/mol. The van der Waals surface area contributed by atoms with E-state index in [9.17, 15) is 0 Å². The predicted molar refractivity (Wildman–Crippen MR) is 80.9 cm³/mol. The molecule has 0 saturated heterocycles. The minimum absolute atomic E-state index is 0.258. The Labute approximate surface area is 121 Å². The Morgan fingerprint density at radius 1 is 1.10 bits per heavy atom. The number of rotatable bonds is 4. The summed E-state index contributed by atoms with van der Waals surface area (Å²) < 4.78 is 10.4. The van der Waals surface area contributed by atoms with Crippen molar-refractivity contribution < 1.29 is 9.47 Å². The number of hydrogen-bond donors (Lipinski definition) is 3. The number of pyridine rings is 1. The average Bonchev–Trinajstić information content (AvgIpc) is 2.43. The Hall–Kier alpha value is -2.34. The first-order valence-corrected chi connectivity index (χ1v) is 6.13. The van der Waals surface area contributed by atoms with Gasteiger partial charge in [-0.05, 0) is 18.2 Å². The van der Waals surface area contributed by atoms with Crippen molar-refractivity contribution in [2.24, 2.45) is 0 Å². The van der Waals surface area contributed by atoms with Crippen molar-refractivity contribution in [3.8, 4) is 11.5 Å². The number of methoxy groups -OCH3 is 2. The maximum absolute atomic E-state index is 6.10. The Morgan fingerprint density at radius 2 is 1.80 bits per heavy atom. The minimum atomic E-state index is 0.258. The Morgan fingerprint density at radius 3 is 2.40 bits per heavy atom. The fourth-order valence-corrected chi connectivity index (χ4v) is 1.89. The maximum Gasteiger partial charge on any atom is 0.149 e. The molecule has 20 heavy (non-hydrogen) atoms. The van der Waals surface area contributed by atoms with E-state index in [1.165, 1.54) is 7.11 Å². The van der Waals surface area contributed by atoms with Crippen LogP contribution in [-0.4, -0.2) is 19.2 Å². The molecule has 0 bridgehead atoms. The molecule has 106 valence electrons. The van der Waals surface area contributed by atoms with E-state index < -0.39 is 0 Å². The summed E-state index contributed by atoms with van der Waals surface area (Å²) >= 11 is 6.10. The third-order valence-electron chi connectivity index (χ3n) is 2.69. The van der Waals surface area contributed by atoms with Crippen molar-refractivity contribution in [1.29, 1.82) is 0 Å². The smallest absolute Gasteiger partial charge is 0.149 e. The van der Waals surface area contributed by atoms with E-state index in [-0.39, 0.29) is 5.82 Å². The molecule has 0 saturated carbocycles. The summed E-state index contributed by atoms with van der Waals surface area (Å²) in [5, 5.41) is 3.53. The lowest BCUT2D eigenvalue weighted by molar-refractivity contribution is 0.396. The highest BCUT2D eigenvalue weighted by molar-refractivity contribution is 6.32. The molecule has 0 atom stereocenters. The number of nitrogen functional groups attached to an aromatic ring is 2. The quantitative estimate of drug-likeness (QED) is 0.802. The van der Waals surface area contributed by atoms with Crippen LogP contribution in [0.2, 0.25) is 5.02 Å². The van der Waals surface area contributed by atoms with Crippen LogP contribution in [0.25, 0.3) is 0 Å². The number of halogens is 1. The number of nitrogens with two attached hydrogens (primary N) is 2. The fraction of sp³-hybridized carbons (Fsp3) is 0.154. The largest absolute Gasteiger partial charge is 0.495 e. The minimum Gasteiger partial charge on any atom is -0.495 e. The van der Waals surface area contributed by atoms with Crippen LogP contribution >= 0.6 is 11.6 Å². The van der Waals surface area contributed by atoms with Gasteiger partial charge >= 0.3 is 0 Å². The Bertz CT molecular complexity index is 634. The number of anilines is 4. The van der Waals surface area contributed by atoms with Crippen molar-refractivity contribution in [3.63, 3.8) is 0 Å². The molecule has 7 heteroatoms. The molecule has 0 fully saturated rings. The van der Waals surface area contributed by atoms with Gasteiger partial charge in [0.1, 0.15) is 23.1 Å². The summed E-state index contributed by atoms with van der Waals surface area (Å²) in [6, 6.07) is 6.75. The Kier molecular flexibility index (Phi) is 4.05. The lowest BCUT2D eigenvalue weighted by atomic mass is 10.2. The first-order valence-electron chi connectivity index (χ1n) is 5.75. The summed E-state index contributed by atoms with van der Waals surface area (Å²) in [4.78, 5) is 4.13. The molecule has 0 spiro atoms. The van der Waals surface area contributed by atoms with E-state index in [0.717, 1.165) is 0 Å². The second kappa shape index (κ2) is 5.75. The molecule has 0 aliphatic carbocycles. The normalized spacial score (nSPS) is 10.2. The third kappa shape index (κ3) is 2.80. The molecule has 2 rings (SSSR count). The van der Waals surface area contributed by atoms with Gasteiger partial charge in [0, 0.05) is 6.07 Å². The maximum atomic E-state index is 6.10. The first-order chi connectivity index (χ1) is 9.55. The van der Waals surface area contributed by atoms with Crippen molar-refractivity contribution in [1.82, 2.24) is 4.98 Å². The van der Waals surface area contributed by atoms with E-state index in [0.29, 0.717) is 33.7 Å². The summed E-state index contributed by atoms with van der Waals surface area (Å²) in [6.07, 6.45) is 0. The highest BCUT2D eigenvalue weighted by Gasteiger charge is 2.11. The average molecular weight is 295 g/mol. The first kappa shape index (κ1) is 14.1. The van der Waals surface area contributed by atoms with Crippen LogP contribution in [0.15, 0.2) is 24.3 Å². The molecule has 5 N–H and O–H groups in total. The van der Waals surface area contributed by atoms with E-state index >= 15 is 0 Å². The molecule has 1 aromatic heterocycles. The number of ether oxygens (including phenoxy) is 2. The molecule has 0 aliphatic rings. The van der Waals surface area contributed by atoms with Gasteiger partial charge in [-0.25, -0.2) is 4.98 Å². The number of benzene rings is 1. The lowest BCUT2D eigenvalue weighted by Gasteiger charge is -2.13. The van der Waals surface area contributed by atoms with Gasteiger partial charge in [0.05, 0.1) is 30.6 Å². The fourth-order valence-electron chi connectivity index (χ4n) is 1.65. The SMILES string of the molecule is COc1cc(OC)c(Nc2ccc(N)c(N)n2)cc1Cl. The van der Waals surface area contributed by atoms with Crippen molar-refractivity contribution in [3.05, 3.63) is 29.3 Å². The number of hydrogen-bond acceptors (Lipinski definition) is 6. The topological polar surface area (TPSA) is 95.4 Å². The van der Waals surface area contributed by atoms with E-state index in [2.05, 4.69) is 10.3 Å². The van der Waals surface area contributed by atoms with Crippen LogP contribution in [0.3, 0.4) is 0 Å². The predicted octanol–water partition coefficient (Wildman–Crippen LogP) is 2.66. The Balaban J connectivity index is 2.37. The van der Waals surface area contributed by atoms with Crippen molar-refractivity contribution >= 4 is 34.6 Å². The van der Waals surface area contributed by atoms with Gasteiger partial charge in [0.15, 0.2) is 0 Å². The van der Waals surface area contributed by atoms with Gasteiger partial charge in [-0.3, -0.25) is 0 Å². The molecular weight excluding hydrogens is 280 g/mol. The number of nitrogens with one attached hydrogen (secondary N) is 1. The second-order valence-electron chi connectivity index (χ2n) is 3.98. The van der Waals surface area contributed by atoms with Crippen molar-refractivity contribution in [2.75, 3.05) is 31.0 Å². The van der Waals surface area contributed by atoms with Gasteiger partial charge in [-0.2, -0.15) is 0 Å². The molecule has 2 aromatic rings. The summed E-state index contributed by atoms with van der Waals surface area (Å²) in [5.74, 6) is 1.90. The standard InChI is InChI=1S/C13H15ClN4O2/c1-19-10-6-11(20-2)9(5-7(10)14)17-12-4-3-8(15)13(16)18-12/h3-6H,15H2,1-2H3,(H3,16,17,18). The number of nitrogens with zero attached hydrogens (tertiary/aromatic N) is 1. The summed E-state index contributed by atoms with van der Waals surface area (Å²) in [5.41, 5.74) is 12.4. The highest BCUT2D eigenvalue weighted by atomic mass is 35.5. The molecule has 1 aromatic carbocycles. The third-order valence-corrected chi connectivity index (χ3v) is 2.99. The molecule has 6 nitrogen and oxygen atoms in total. The summed E-state index contributed by atoms with van der Waals surface area (Å²) in [6.45, 7) is 0. The summed E-state index contributed by atoms with van der Waals surface area (Å²) in [7, 11) is 3.09. The van der Waals surface area contributed by atoms with E-state index in [1.54, 1.807) is 31.4 Å².